The minimum Gasteiger partial charge on any atom is -0.466 e. The lowest BCUT2D eigenvalue weighted by molar-refractivity contribution is -0.384. The lowest BCUT2D eigenvalue weighted by Gasteiger charge is -2.21. The predicted molar refractivity (Wildman–Crippen MR) is 78.7 cm³/mol. The maximum absolute atomic E-state index is 12.2. The highest BCUT2D eigenvalue weighted by Gasteiger charge is 2.30. The van der Waals surface area contributed by atoms with Gasteiger partial charge < -0.3 is 20.3 Å². The number of ether oxygens (including phenoxy) is 1. The molecule has 11 heteroatoms. The Kier molecular flexibility index (Phi) is 5.96. The van der Waals surface area contributed by atoms with Crippen LogP contribution in [0.3, 0.4) is 0 Å². The third-order valence-electron chi connectivity index (χ3n) is 2.79. The van der Waals surface area contributed by atoms with Crippen molar-refractivity contribution < 1.29 is 22.8 Å². The zero-order valence-corrected chi connectivity index (χ0v) is 12.9. The van der Waals surface area contributed by atoms with Gasteiger partial charge in [-0.25, -0.2) is 0 Å². The summed E-state index contributed by atoms with van der Waals surface area (Å²) < 4.78 is 41.2. The molecule has 0 radical (unpaired) electrons. The Morgan fingerprint density at radius 1 is 1.35 bits per heavy atom. The molecule has 0 aromatic carbocycles. The molecular formula is C12H18F3N5O3. The molecule has 1 aromatic heterocycles. The van der Waals surface area contributed by atoms with Gasteiger partial charge in [-0.05, 0) is 14.1 Å². The number of pyridine rings is 1. The van der Waals surface area contributed by atoms with Crippen LogP contribution in [0.1, 0.15) is 0 Å². The second-order valence-corrected chi connectivity index (χ2v) is 5.11. The molecule has 1 rings (SSSR count). The van der Waals surface area contributed by atoms with Gasteiger partial charge in [-0.15, -0.1) is 0 Å². The van der Waals surface area contributed by atoms with Crippen LogP contribution in [0, 0.1) is 10.1 Å². The summed E-state index contributed by atoms with van der Waals surface area (Å²) in [6, 6.07) is 0.945. The molecule has 0 fully saturated rings. The number of nitro groups is 1. The zero-order chi connectivity index (χ0) is 17.8. The molecule has 2 N–H and O–H groups in total. The summed E-state index contributed by atoms with van der Waals surface area (Å²) in [5, 5.41) is 11.1. The first kappa shape index (κ1) is 18.7. The van der Waals surface area contributed by atoms with Crippen molar-refractivity contribution in [3.63, 3.8) is 0 Å². The van der Waals surface area contributed by atoms with E-state index in [-0.39, 0.29) is 11.5 Å². The highest BCUT2D eigenvalue weighted by Crippen LogP contribution is 2.33. The predicted octanol–water partition coefficient (Wildman–Crippen LogP) is 1.51. The van der Waals surface area contributed by atoms with E-state index >= 15 is 0 Å². The zero-order valence-electron chi connectivity index (χ0n) is 12.9. The van der Waals surface area contributed by atoms with Crippen molar-refractivity contribution in [1.82, 2.24) is 9.88 Å². The molecule has 23 heavy (non-hydrogen) atoms. The lowest BCUT2D eigenvalue weighted by atomic mass is 10.3. The first-order valence-corrected chi connectivity index (χ1v) is 6.51. The monoisotopic (exact) mass is 337 g/mol. The van der Waals surface area contributed by atoms with Gasteiger partial charge in [-0.3, -0.25) is 10.1 Å². The van der Waals surface area contributed by atoms with Gasteiger partial charge in [0.2, 0.25) is 11.7 Å². The Bertz CT molecular complexity index is 566. The summed E-state index contributed by atoms with van der Waals surface area (Å²) in [4.78, 5) is 17.5. The number of halogens is 3. The van der Waals surface area contributed by atoms with Crippen LogP contribution < -0.4 is 15.4 Å². The summed E-state index contributed by atoms with van der Waals surface area (Å²) in [6.07, 6.45) is -4.56. The standard InChI is InChI=1S/C12H18F3N5O3/c1-18(2)4-5-19(3)10-9(20(21)22)6-8(16)11(17-10)23-7-12(13,14)15/h6H,4-5,7,16H2,1-3H3. The Labute approximate surface area is 130 Å². The molecule has 0 saturated carbocycles. The number of nitrogens with zero attached hydrogens (tertiary/aromatic N) is 4. The third kappa shape index (κ3) is 5.77. The summed E-state index contributed by atoms with van der Waals surface area (Å²) in [5.41, 5.74) is 4.77. The second kappa shape index (κ2) is 7.31. The molecule has 1 heterocycles. The number of rotatable bonds is 7. The lowest BCUT2D eigenvalue weighted by Crippen LogP contribution is -2.29. The summed E-state index contributed by atoms with van der Waals surface area (Å²) in [5.74, 6) is -0.595. The van der Waals surface area contributed by atoms with Crippen molar-refractivity contribution in [2.24, 2.45) is 0 Å². The Balaban J connectivity index is 3.11. The van der Waals surface area contributed by atoms with Crippen molar-refractivity contribution in [2.75, 3.05) is 51.5 Å². The molecular weight excluding hydrogens is 319 g/mol. The molecule has 130 valence electrons. The van der Waals surface area contributed by atoms with Gasteiger partial charge >= 0.3 is 11.9 Å². The fourth-order valence-electron chi connectivity index (χ4n) is 1.63. The number of hydrogen-bond acceptors (Lipinski definition) is 7. The molecule has 0 aliphatic rings. The maximum Gasteiger partial charge on any atom is 0.422 e. The number of anilines is 2. The van der Waals surface area contributed by atoms with Crippen LogP contribution in [0.15, 0.2) is 6.07 Å². The van der Waals surface area contributed by atoms with Gasteiger partial charge in [0.15, 0.2) is 6.61 Å². The van der Waals surface area contributed by atoms with E-state index in [2.05, 4.69) is 9.72 Å². The van der Waals surface area contributed by atoms with Gasteiger partial charge in [0.05, 0.1) is 4.92 Å². The molecule has 0 spiro atoms. The number of aromatic nitrogens is 1. The van der Waals surface area contributed by atoms with Crippen molar-refractivity contribution in [3.8, 4) is 5.88 Å². The highest BCUT2D eigenvalue weighted by molar-refractivity contribution is 5.67. The first-order valence-electron chi connectivity index (χ1n) is 6.51. The SMILES string of the molecule is CN(C)CCN(C)c1nc(OCC(F)(F)F)c(N)cc1[N+](=O)[O-]. The van der Waals surface area contributed by atoms with E-state index in [1.54, 1.807) is 7.05 Å². The fraction of sp³-hybridized carbons (Fsp3) is 0.583. The largest absolute Gasteiger partial charge is 0.466 e. The van der Waals surface area contributed by atoms with Crippen molar-refractivity contribution in [1.29, 1.82) is 0 Å². The summed E-state index contributed by atoms with van der Waals surface area (Å²) in [7, 11) is 5.18. The molecule has 0 aliphatic heterocycles. The normalized spacial score (nSPS) is 11.6. The van der Waals surface area contributed by atoms with E-state index in [0.29, 0.717) is 13.1 Å². The molecule has 1 aromatic rings. The van der Waals surface area contributed by atoms with Gasteiger partial charge in [-0.2, -0.15) is 18.2 Å². The first-order chi connectivity index (χ1) is 10.5. The summed E-state index contributed by atoms with van der Waals surface area (Å²) >= 11 is 0. The molecule has 0 unspecified atom stereocenters. The van der Waals surface area contributed by atoms with Crippen molar-refractivity contribution >= 4 is 17.2 Å². The smallest absolute Gasteiger partial charge is 0.422 e. The number of nitrogen functional groups attached to an aromatic ring is 1. The number of alkyl halides is 3. The quantitative estimate of drug-likeness (QED) is 0.595. The van der Waals surface area contributed by atoms with E-state index in [1.807, 2.05) is 19.0 Å². The number of hydrogen-bond donors (Lipinski definition) is 1. The highest BCUT2D eigenvalue weighted by atomic mass is 19.4. The van der Waals surface area contributed by atoms with Crippen LogP contribution in [0.5, 0.6) is 5.88 Å². The Morgan fingerprint density at radius 2 is 1.96 bits per heavy atom. The van der Waals surface area contributed by atoms with Crippen LogP contribution in [0.2, 0.25) is 0 Å². The molecule has 0 saturated heterocycles. The van der Waals surface area contributed by atoms with E-state index in [1.165, 1.54) is 4.90 Å². The van der Waals surface area contributed by atoms with E-state index < -0.39 is 29.3 Å². The van der Waals surface area contributed by atoms with Crippen LogP contribution in [-0.2, 0) is 0 Å². The van der Waals surface area contributed by atoms with E-state index in [9.17, 15) is 23.3 Å². The number of nitrogens with two attached hydrogens (primary N) is 1. The fourth-order valence-corrected chi connectivity index (χ4v) is 1.63. The van der Waals surface area contributed by atoms with Crippen LogP contribution in [-0.4, -0.2) is 61.8 Å². The Morgan fingerprint density at radius 3 is 2.43 bits per heavy atom. The van der Waals surface area contributed by atoms with Crippen molar-refractivity contribution in [2.45, 2.75) is 6.18 Å². The van der Waals surface area contributed by atoms with Crippen LogP contribution in [0.25, 0.3) is 0 Å². The average molecular weight is 337 g/mol. The molecule has 0 bridgehead atoms. The second-order valence-electron chi connectivity index (χ2n) is 5.11. The molecule has 8 nitrogen and oxygen atoms in total. The Hall–Kier alpha value is -2.30. The van der Waals surface area contributed by atoms with Gasteiger partial charge in [0, 0.05) is 26.2 Å². The minimum atomic E-state index is -4.56. The molecule has 0 amide bonds. The maximum atomic E-state index is 12.2. The van der Waals surface area contributed by atoms with Gasteiger partial charge in [0.1, 0.15) is 5.69 Å². The molecule has 0 atom stereocenters. The summed E-state index contributed by atoms with van der Waals surface area (Å²) in [6.45, 7) is -0.634. The average Bonchev–Trinajstić information content (AvgIpc) is 2.41. The van der Waals surface area contributed by atoms with Crippen LogP contribution in [0.4, 0.5) is 30.4 Å². The van der Waals surface area contributed by atoms with Crippen LogP contribution >= 0.6 is 0 Å². The molecule has 0 aliphatic carbocycles. The third-order valence-corrected chi connectivity index (χ3v) is 2.79. The van der Waals surface area contributed by atoms with Gasteiger partial charge in [0.25, 0.3) is 0 Å². The minimum absolute atomic E-state index is 0.108. The van der Waals surface area contributed by atoms with E-state index in [0.717, 1.165) is 6.07 Å². The topological polar surface area (TPSA) is 97.8 Å². The van der Waals surface area contributed by atoms with Crippen molar-refractivity contribution in [3.05, 3.63) is 16.2 Å². The number of likely N-dealkylation sites (N-methyl/N-ethyl adjacent to an activating group) is 2. The van der Waals surface area contributed by atoms with Gasteiger partial charge in [-0.1, -0.05) is 0 Å². The van der Waals surface area contributed by atoms with E-state index in [4.69, 9.17) is 5.73 Å².